The second-order valence-corrected chi connectivity index (χ2v) is 6.32. The molecule has 3 heteroatoms. The van der Waals surface area contributed by atoms with Crippen LogP contribution in [0.15, 0.2) is 0 Å². The van der Waals surface area contributed by atoms with Crippen LogP contribution >= 0.6 is 0 Å². The molecule has 2 fully saturated rings. The van der Waals surface area contributed by atoms with Crippen molar-refractivity contribution in [3.63, 3.8) is 0 Å². The number of ether oxygens (including phenoxy) is 1. The van der Waals surface area contributed by atoms with Crippen LogP contribution < -0.4 is 5.32 Å². The summed E-state index contributed by atoms with van der Waals surface area (Å²) in [7, 11) is 2.07. The molecule has 17 heavy (non-hydrogen) atoms. The van der Waals surface area contributed by atoms with Crippen molar-refractivity contribution in [1.82, 2.24) is 10.2 Å². The van der Waals surface area contributed by atoms with Crippen LogP contribution in [0.2, 0.25) is 0 Å². The van der Waals surface area contributed by atoms with Crippen LogP contribution in [-0.4, -0.2) is 49.8 Å². The van der Waals surface area contributed by atoms with Crippen molar-refractivity contribution < 1.29 is 4.74 Å². The Labute approximate surface area is 106 Å². The van der Waals surface area contributed by atoms with Crippen molar-refractivity contribution in [3.8, 4) is 0 Å². The van der Waals surface area contributed by atoms with Gasteiger partial charge < -0.3 is 10.1 Å². The molecule has 0 aromatic rings. The smallest absolute Gasteiger partial charge is 0.0641 e. The lowest BCUT2D eigenvalue weighted by atomic mass is 9.89. The zero-order valence-electron chi connectivity index (χ0n) is 11.7. The van der Waals surface area contributed by atoms with Gasteiger partial charge in [0.25, 0.3) is 0 Å². The molecule has 2 aliphatic rings. The Morgan fingerprint density at radius 1 is 1.35 bits per heavy atom. The second-order valence-electron chi connectivity index (χ2n) is 6.32. The Morgan fingerprint density at radius 2 is 2.18 bits per heavy atom. The van der Waals surface area contributed by atoms with Gasteiger partial charge in [0.15, 0.2) is 0 Å². The zero-order valence-corrected chi connectivity index (χ0v) is 11.7. The lowest BCUT2D eigenvalue weighted by molar-refractivity contribution is -0.0877. The summed E-state index contributed by atoms with van der Waals surface area (Å²) in [6.45, 7) is 9.14. The van der Waals surface area contributed by atoms with E-state index in [1.807, 2.05) is 0 Å². The molecule has 0 aromatic carbocycles. The van der Waals surface area contributed by atoms with E-state index in [4.69, 9.17) is 4.74 Å². The lowest BCUT2D eigenvalue weighted by Crippen LogP contribution is -2.50. The van der Waals surface area contributed by atoms with E-state index < -0.39 is 0 Å². The molecule has 0 bridgehead atoms. The van der Waals surface area contributed by atoms with Gasteiger partial charge in [-0.1, -0.05) is 0 Å². The summed E-state index contributed by atoms with van der Waals surface area (Å²) in [6.07, 6.45) is 5.17. The van der Waals surface area contributed by atoms with E-state index >= 15 is 0 Å². The molecule has 2 heterocycles. The molecule has 2 saturated heterocycles. The van der Waals surface area contributed by atoms with Gasteiger partial charge in [-0.3, -0.25) is 4.90 Å². The molecule has 0 aromatic heterocycles. The standard InChI is InChI=1S/C14H28N2O/c1-14(2)9-13(6-8-17-14)16-7-4-5-12(11-16)10-15-3/h12-13,15H,4-11H2,1-3H3. The number of likely N-dealkylation sites (tertiary alicyclic amines) is 1. The minimum atomic E-state index is 0.0822. The van der Waals surface area contributed by atoms with Crippen molar-refractivity contribution in [1.29, 1.82) is 0 Å². The van der Waals surface area contributed by atoms with Crippen LogP contribution in [0.5, 0.6) is 0 Å². The minimum Gasteiger partial charge on any atom is -0.375 e. The average Bonchev–Trinajstić information content (AvgIpc) is 2.28. The molecule has 100 valence electrons. The first-order chi connectivity index (χ1) is 8.11. The fourth-order valence-corrected chi connectivity index (χ4v) is 3.40. The largest absolute Gasteiger partial charge is 0.375 e. The van der Waals surface area contributed by atoms with Crippen molar-refractivity contribution in [3.05, 3.63) is 0 Å². The summed E-state index contributed by atoms with van der Waals surface area (Å²) in [5.41, 5.74) is 0.0822. The monoisotopic (exact) mass is 240 g/mol. The fourth-order valence-electron chi connectivity index (χ4n) is 3.40. The number of nitrogens with one attached hydrogen (secondary N) is 1. The van der Waals surface area contributed by atoms with E-state index in [-0.39, 0.29) is 5.60 Å². The maximum Gasteiger partial charge on any atom is 0.0641 e. The van der Waals surface area contributed by atoms with Crippen molar-refractivity contribution >= 4 is 0 Å². The number of nitrogens with zero attached hydrogens (tertiary/aromatic N) is 1. The molecule has 0 amide bonds. The topological polar surface area (TPSA) is 24.5 Å². The number of piperidine rings is 1. The Morgan fingerprint density at radius 3 is 2.88 bits per heavy atom. The molecule has 2 rings (SSSR count). The van der Waals surface area contributed by atoms with E-state index in [0.717, 1.165) is 18.6 Å². The van der Waals surface area contributed by atoms with Crippen LogP contribution in [-0.2, 0) is 4.74 Å². The summed E-state index contributed by atoms with van der Waals surface area (Å²) in [4.78, 5) is 2.72. The fraction of sp³-hybridized carbons (Fsp3) is 1.00. The first-order valence-electron chi connectivity index (χ1n) is 7.13. The highest BCUT2D eigenvalue weighted by Crippen LogP contribution is 2.30. The third-order valence-electron chi connectivity index (χ3n) is 4.23. The van der Waals surface area contributed by atoms with Crippen molar-refractivity contribution in [2.24, 2.45) is 5.92 Å². The van der Waals surface area contributed by atoms with Crippen molar-refractivity contribution in [2.45, 2.75) is 51.2 Å². The Kier molecular flexibility index (Phi) is 4.45. The molecule has 1 N–H and O–H groups in total. The van der Waals surface area contributed by atoms with Gasteiger partial charge in [-0.25, -0.2) is 0 Å². The lowest BCUT2D eigenvalue weighted by Gasteiger charge is -2.44. The van der Waals surface area contributed by atoms with E-state index in [1.54, 1.807) is 0 Å². The normalized spacial score (nSPS) is 34.8. The van der Waals surface area contributed by atoms with Gasteiger partial charge in [-0.2, -0.15) is 0 Å². The van der Waals surface area contributed by atoms with Gasteiger partial charge in [0, 0.05) is 19.2 Å². The predicted molar refractivity (Wildman–Crippen MR) is 71.3 cm³/mol. The highest BCUT2D eigenvalue weighted by atomic mass is 16.5. The van der Waals surface area contributed by atoms with Gasteiger partial charge in [0.2, 0.25) is 0 Å². The average molecular weight is 240 g/mol. The molecule has 3 nitrogen and oxygen atoms in total. The summed E-state index contributed by atoms with van der Waals surface area (Å²) in [5, 5.41) is 3.33. The molecule has 2 aliphatic heterocycles. The summed E-state index contributed by atoms with van der Waals surface area (Å²) >= 11 is 0. The minimum absolute atomic E-state index is 0.0822. The second kappa shape index (κ2) is 5.68. The van der Waals surface area contributed by atoms with E-state index in [2.05, 4.69) is 31.1 Å². The Balaban J connectivity index is 1.88. The van der Waals surface area contributed by atoms with Crippen LogP contribution in [0, 0.1) is 5.92 Å². The summed E-state index contributed by atoms with van der Waals surface area (Å²) in [5.74, 6) is 0.847. The summed E-state index contributed by atoms with van der Waals surface area (Å²) in [6, 6.07) is 0.749. The van der Waals surface area contributed by atoms with Crippen LogP contribution in [0.1, 0.15) is 39.5 Å². The Hall–Kier alpha value is -0.120. The molecular weight excluding hydrogens is 212 g/mol. The van der Waals surface area contributed by atoms with Crippen LogP contribution in [0.4, 0.5) is 0 Å². The Bertz CT molecular complexity index is 240. The van der Waals surface area contributed by atoms with E-state index in [9.17, 15) is 0 Å². The molecule has 0 spiro atoms. The molecule has 2 atom stereocenters. The van der Waals surface area contributed by atoms with Gasteiger partial charge in [-0.05, 0) is 65.6 Å². The zero-order chi connectivity index (χ0) is 12.3. The van der Waals surface area contributed by atoms with E-state index in [0.29, 0.717) is 0 Å². The molecule has 0 radical (unpaired) electrons. The predicted octanol–water partition coefficient (Wildman–Crippen LogP) is 1.88. The number of hydrogen-bond donors (Lipinski definition) is 1. The van der Waals surface area contributed by atoms with Crippen molar-refractivity contribution in [2.75, 3.05) is 33.3 Å². The number of rotatable bonds is 3. The maximum atomic E-state index is 5.82. The highest BCUT2D eigenvalue weighted by Gasteiger charge is 2.34. The van der Waals surface area contributed by atoms with Gasteiger partial charge in [-0.15, -0.1) is 0 Å². The van der Waals surface area contributed by atoms with Gasteiger partial charge in [0.05, 0.1) is 5.60 Å². The highest BCUT2D eigenvalue weighted by molar-refractivity contribution is 4.87. The molecular formula is C14H28N2O. The first kappa shape index (κ1) is 13.3. The number of hydrogen-bond acceptors (Lipinski definition) is 3. The molecule has 0 saturated carbocycles. The van der Waals surface area contributed by atoms with E-state index in [1.165, 1.54) is 45.3 Å². The third kappa shape index (κ3) is 3.67. The maximum absolute atomic E-state index is 5.82. The first-order valence-corrected chi connectivity index (χ1v) is 7.13. The van der Waals surface area contributed by atoms with Crippen LogP contribution in [0.25, 0.3) is 0 Å². The quantitative estimate of drug-likeness (QED) is 0.815. The van der Waals surface area contributed by atoms with Crippen LogP contribution in [0.3, 0.4) is 0 Å². The van der Waals surface area contributed by atoms with Gasteiger partial charge in [0.1, 0.15) is 0 Å². The molecule has 0 aliphatic carbocycles. The molecule has 2 unspecified atom stereocenters. The van der Waals surface area contributed by atoms with Gasteiger partial charge >= 0.3 is 0 Å². The summed E-state index contributed by atoms with van der Waals surface area (Å²) < 4.78 is 5.82. The SMILES string of the molecule is CNCC1CCCN(C2CCOC(C)(C)C2)C1. The third-order valence-corrected chi connectivity index (χ3v) is 4.23.